The first-order valence-electron chi connectivity index (χ1n) is 20.0. The number of methoxy groups -OCH3 is 1. The Bertz CT molecular complexity index is 2300. The van der Waals surface area contributed by atoms with Gasteiger partial charge in [0.25, 0.3) is 0 Å². The number of aromatic amines is 2. The van der Waals surface area contributed by atoms with Crippen molar-refractivity contribution >= 4 is 34.8 Å². The Balaban J connectivity index is 1.03. The normalized spacial score (nSPS) is 17.9. The van der Waals surface area contributed by atoms with Crippen molar-refractivity contribution in [2.75, 3.05) is 27.2 Å². The van der Waals surface area contributed by atoms with Gasteiger partial charge in [-0.1, -0.05) is 76.2 Å². The van der Waals surface area contributed by atoms with Gasteiger partial charge in [0.1, 0.15) is 23.7 Å². The smallest absolute Gasteiger partial charge is 0.407 e. The number of H-pyrrole nitrogens is 2. The molecule has 3 aromatic carbocycles. The number of carboxylic acid groups (broad SMARTS) is 1. The largest absolute Gasteiger partial charge is 0.465 e. The van der Waals surface area contributed by atoms with E-state index in [1.165, 1.54) is 14.2 Å². The van der Waals surface area contributed by atoms with Crippen LogP contribution in [0.25, 0.3) is 44.4 Å². The highest BCUT2D eigenvalue weighted by Crippen LogP contribution is 2.36. The number of likely N-dealkylation sites (tertiary alicyclic amines) is 2. The average molecular weight is 789 g/mol. The molecule has 0 bridgehead atoms. The number of likely N-dealkylation sites (N-methyl/N-ethyl adjacent to an activating group) is 1. The standard InChI is InChI=1S/C44H52N8O6/c1-25(2)37(49-43(55)58-6)41(53)51-19-7-9-35(51)39-46-24-34(48-39)32-18-17-30-21-29(15-16-31(30)22-32)27-11-13-28(14-12-27)33-23-45-40(47-33)36-10-8-20-52(36)42(54)38(26(3)4)50(5)44(56)57/h11-18,21-26,35-38H,7-10,19-20H2,1-6H3,(H,45,47)(H,46,48)(H,49,55)(H,56,57)/t35?,36-,37-,38-/m0/s1. The second-order valence-corrected chi connectivity index (χ2v) is 16.0. The van der Waals surface area contributed by atoms with Gasteiger partial charge in [-0.2, -0.15) is 0 Å². The zero-order chi connectivity index (χ0) is 41.2. The summed E-state index contributed by atoms with van der Waals surface area (Å²) in [5.74, 6) is 0.810. The Kier molecular flexibility index (Phi) is 11.6. The molecule has 304 valence electrons. The van der Waals surface area contributed by atoms with Crippen LogP contribution in [0.15, 0.2) is 73.1 Å². The second kappa shape index (κ2) is 16.7. The molecule has 2 aromatic heterocycles. The molecule has 4 amide bonds. The zero-order valence-corrected chi connectivity index (χ0v) is 33.9. The molecule has 0 saturated carbocycles. The summed E-state index contributed by atoms with van der Waals surface area (Å²) in [6.07, 6.45) is 5.20. The number of nitrogens with one attached hydrogen (secondary N) is 3. The van der Waals surface area contributed by atoms with Gasteiger partial charge in [-0.25, -0.2) is 19.6 Å². The van der Waals surface area contributed by atoms with E-state index < -0.39 is 24.3 Å². The van der Waals surface area contributed by atoms with E-state index >= 15 is 0 Å². The molecule has 2 aliphatic heterocycles. The third-order valence-corrected chi connectivity index (χ3v) is 11.5. The first-order valence-corrected chi connectivity index (χ1v) is 20.0. The number of aromatic nitrogens is 4. The Morgan fingerprint density at radius 1 is 0.741 bits per heavy atom. The summed E-state index contributed by atoms with van der Waals surface area (Å²) < 4.78 is 4.76. The molecule has 7 rings (SSSR count). The van der Waals surface area contributed by atoms with E-state index in [9.17, 15) is 24.3 Å². The number of carbonyl (C=O) groups is 4. The summed E-state index contributed by atoms with van der Waals surface area (Å²) in [7, 11) is 2.74. The molecule has 0 spiro atoms. The van der Waals surface area contributed by atoms with Crippen molar-refractivity contribution in [1.82, 2.24) is 40.0 Å². The fourth-order valence-electron chi connectivity index (χ4n) is 8.42. The monoisotopic (exact) mass is 788 g/mol. The molecule has 2 fully saturated rings. The van der Waals surface area contributed by atoms with Crippen LogP contribution in [0, 0.1) is 11.8 Å². The van der Waals surface area contributed by atoms with E-state index in [1.807, 2.05) is 57.1 Å². The van der Waals surface area contributed by atoms with Gasteiger partial charge >= 0.3 is 12.2 Å². The van der Waals surface area contributed by atoms with Crippen molar-refractivity contribution in [3.05, 3.63) is 84.7 Å². The van der Waals surface area contributed by atoms with Crippen molar-refractivity contribution in [2.45, 2.75) is 77.5 Å². The van der Waals surface area contributed by atoms with Crippen molar-refractivity contribution < 1.29 is 29.0 Å². The van der Waals surface area contributed by atoms with Crippen LogP contribution < -0.4 is 5.32 Å². The van der Waals surface area contributed by atoms with Crippen LogP contribution in [0.2, 0.25) is 0 Å². The highest BCUT2D eigenvalue weighted by Gasteiger charge is 2.40. The molecule has 14 nitrogen and oxygen atoms in total. The number of hydrogen-bond donors (Lipinski definition) is 4. The minimum Gasteiger partial charge on any atom is -0.465 e. The van der Waals surface area contributed by atoms with Crippen LogP contribution in [0.1, 0.15) is 77.1 Å². The van der Waals surface area contributed by atoms with E-state index in [0.29, 0.717) is 18.9 Å². The van der Waals surface area contributed by atoms with Gasteiger partial charge in [-0.15, -0.1) is 0 Å². The fourth-order valence-corrected chi connectivity index (χ4v) is 8.42. The van der Waals surface area contributed by atoms with E-state index in [0.717, 1.165) is 80.8 Å². The molecule has 2 aliphatic rings. The number of imidazole rings is 2. The van der Waals surface area contributed by atoms with Crippen molar-refractivity contribution in [1.29, 1.82) is 0 Å². The summed E-state index contributed by atoms with van der Waals surface area (Å²) >= 11 is 0. The SMILES string of the molecule is COC(=O)N[C@H](C(=O)N1CCCC1c1nc(-c2ccc3cc(-c4ccc(-c5c[nH]c([C@@H]6CCCN6C(=O)[C@H](C(C)C)N(C)C(=O)O)n5)cc4)ccc3c2)c[nH]1)C(C)C. The highest BCUT2D eigenvalue weighted by atomic mass is 16.5. The second-order valence-electron chi connectivity index (χ2n) is 16.0. The lowest BCUT2D eigenvalue weighted by molar-refractivity contribution is -0.138. The van der Waals surface area contributed by atoms with E-state index in [-0.39, 0.29) is 35.7 Å². The minimum atomic E-state index is -1.12. The lowest BCUT2D eigenvalue weighted by Crippen LogP contribution is -2.51. The predicted molar refractivity (Wildman–Crippen MR) is 221 cm³/mol. The van der Waals surface area contributed by atoms with Crippen LogP contribution in [0.4, 0.5) is 9.59 Å². The Morgan fingerprint density at radius 2 is 1.24 bits per heavy atom. The molecule has 0 radical (unpaired) electrons. The first kappa shape index (κ1) is 40.0. The quantitative estimate of drug-likeness (QED) is 0.106. The summed E-state index contributed by atoms with van der Waals surface area (Å²) in [6, 6.07) is 19.0. The predicted octanol–water partition coefficient (Wildman–Crippen LogP) is 7.63. The molecular formula is C44H52N8O6. The molecule has 4 heterocycles. The van der Waals surface area contributed by atoms with Gasteiger partial charge in [0, 0.05) is 43.7 Å². The molecule has 0 aliphatic carbocycles. The molecule has 2 saturated heterocycles. The fraction of sp³-hybridized carbons (Fsp3) is 0.409. The van der Waals surface area contributed by atoms with Gasteiger partial charge in [-0.3, -0.25) is 14.5 Å². The zero-order valence-electron chi connectivity index (χ0n) is 33.9. The van der Waals surface area contributed by atoms with Gasteiger partial charge in [0.15, 0.2) is 0 Å². The maximum Gasteiger partial charge on any atom is 0.407 e. The number of fused-ring (bicyclic) bond motifs is 1. The number of amides is 4. The van der Waals surface area contributed by atoms with Crippen molar-refractivity contribution in [3.8, 4) is 33.6 Å². The van der Waals surface area contributed by atoms with Crippen LogP contribution in [-0.4, -0.2) is 103 Å². The average Bonchev–Trinajstić information content (AvgIpc) is 4.06. The number of carbonyl (C=O) groups excluding carboxylic acids is 3. The number of nitrogens with zero attached hydrogens (tertiary/aromatic N) is 5. The van der Waals surface area contributed by atoms with Crippen LogP contribution in [-0.2, 0) is 14.3 Å². The molecular weight excluding hydrogens is 737 g/mol. The lowest BCUT2D eigenvalue weighted by atomic mass is 9.98. The summed E-state index contributed by atoms with van der Waals surface area (Å²) in [5.41, 5.74) is 5.62. The number of ether oxygens (including phenoxy) is 1. The van der Waals surface area contributed by atoms with Gasteiger partial charge < -0.3 is 34.9 Å². The molecule has 1 unspecified atom stereocenters. The third kappa shape index (κ3) is 8.00. The summed E-state index contributed by atoms with van der Waals surface area (Å²) in [6.45, 7) is 8.68. The summed E-state index contributed by atoms with van der Waals surface area (Å²) in [5, 5.41) is 14.5. The van der Waals surface area contributed by atoms with Gasteiger partial charge in [-0.05, 0) is 71.6 Å². The van der Waals surface area contributed by atoms with Crippen LogP contribution in [0.5, 0.6) is 0 Å². The Hall–Kier alpha value is -6.18. The topological polar surface area (TPSA) is 177 Å². The number of benzene rings is 3. The maximum atomic E-state index is 13.6. The third-order valence-electron chi connectivity index (χ3n) is 11.5. The van der Waals surface area contributed by atoms with E-state index in [4.69, 9.17) is 14.7 Å². The molecule has 5 aromatic rings. The van der Waals surface area contributed by atoms with Crippen molar-refractivity contribution in [2.24, 2.45) is 11.8 Å². The van der Waals surface area contributed by atoms with Crippen LogP contribution >= 0.6 is 0 Å². The molecule has 14 heteroatoms. The van der Waals surface area contributed by atoms with Gasteiger partial charge in [0.2, 0.25) is 11.8 Å². The Morgan fingerprint density at radius 3 is 1.78 bits per heavy atom. The summed E-state index contributed by atoms with van der Waals surface area (Å²) in [4.78, 5) is 72.0. The van der Waals surface area contributed by atoms with Gasteiger partial charge in [0.05, 0.1) is 30.6 Å². The van der Waals surface area contributed by atoms with Crippen molar-refractivity contribution in [3.63, 3.8) is 0 Å². The number of rotatable bonds is 11. The lowest BCUT2D eigenvalue weighted by Gasteiger charge is -2.33. The maximum absolute atomic E-state index is 13.6. The first-order chi connectivity index (χ1) is 27.8. The molecule has 4 atom stereocenters. The number of alkyl carbamates (subject to hydrolysis) is 1. The van der Waals surface area contributed by atoms with E-state index in [2.05, 4.69) is 63.8 Å². The molecule has 58 heavy (non-hydrogen) atoms. The highest BCUT2D eigenvalue weighted by molar-refractivity contribution is 5.91. The Labute approximate surface area is 338 Å². The number of hydrogen-bond acceptors (Lipinski definition) is 7. The van der Waals surface area contributed by atoms with E-state index in [1.54, 1.807) is 4.90 Å². The van der Waals surface area contributed by atoms with Crippen LogP contribution in [0.3, 0.4) is 0 Å². The molecule has 4 N–H and O–H groups in total. The minimum absolute atomic E-state index is 0.108.